The standard InChI is InChI=1S/C22H21N5O/c28-21-19(26-22(27-21)25-11-15-6-7-15)10-17-13-24-20-18(17)9-16(12-23-20)8-14-4-2-1-3-5-14/h1-5,9-10,12-13,15,28H,6-8,11H2,(H2,25,26,27)/b17-10-. The number of anilines is 1. The van der Waals surface area contributed by atoms with E-state index in [2.05, 4.69) is 43.5 Å². The minimum absolute atomic E-state index is 0.0129. The Kier molecular flexibility index (Phi) is 4.16. The number of fused-ring (bicyclic) bond motifs is 1. The van der Waals surface area contributed by atoms with Crippen LogP contribution >= 0.6 is 0 Å². The maximum absolute atomic E-state index is 10.2. The van der Waals surface area contributed by atoms with Gasteiger partial charge in [0.05, 0.1) is 0 Å². The molecule has 1 aliphatic carbocycles. The SMILES string of the molecule is Oc1nc(NCC2CC2)[nH]c1/C=C1/C=Nc2ncc(Cc3ccccc3)cc21. The molecule has 3 aromatic rings. The average Bonchev–Trinajstić information content (AvgIpc) is 3.37. The number of pyridine rings is 1. The molecular weight excluding hydrogens is 350 g/mol. The summed E-state index contributed by atoms with van der Waals surface area (Å²) in [6, 6.07) is 12.4. The Balaban J connectivity index is 1.39. The zero-order valence-corrected chi connectivity index (χ0v) is 15.4. The first-order valence-corrected chi connectivity index (χ1v) is 9.56. The minimum atomic E-state index is -0.0129. The number of aliphatic imine (C=N–C) groups is 1. The summed E-state index contributed by atoms with van der Waals surface area (Å²) in [4.78, 5) is 16.2. The average molecular weight is 371 g/mol. The number of aromatic hydroxyl groups is 1. The van der Waals surface area contributed by atoms with Crippen LogP contribution in [-0.2, 0) is 6.42 Å². The van der Waals surface area contributed by atoms with Gasteiger partial charge in [-0.2, -0.15) is 4.98 Å². The largest absolute Gasteiger partial charge is 0.492 e. The number of nitrogens with zero attached hydrogens (tertiary/aromatic N) is 3. The monoisotopic (exact) mass is 371 g/mol. The van der Waals surface area contributed by atoms with E-state index < -0.39 is 0 Å². The Morgan fingerprint density at radius 3 is 2.86 bits per heavy atom. The van der Waals surface area contributed by atoms with E-state index in [0.717, 1.165) is 35.6 Å². The molecule has 1 aliphatic heterocycles. The van der Waals surface area contributed by atoms with Crippen molar-refractivity contribution >= 4 is 29.6 Å². The lowest BCUT2D eigenvalue weighted by molar-refractivity contribution is 0.455. The van der Waals surface area contributed by atoms with Crippen LogP contribution in [0.4, 0.5) is 11.8 Å². The lowest BCUT2D eigenvalue weighted by Crippen LogP contribution is -2.04. The molecule has 1 fully saturated rings. The quantitative estimate of drug-likeness (QED) is 0.607. The first kappa shape index (κ1) is 16.7. The van der Waals surface area contributed by atoms with Gasteiger partial charge in [-0.3, -0.25) is 0 Å². The minimum Gasteiger partial charge on any atom is -0.492 e. The Hall–Kier alpha value is -3.41. The topological polar surface area (TPSA) is 86.2 Å². The van der Waals surface area contributed by atoms with Crippen molar-refractivity contribution in [2.24, 2.45) is 10.9 Å². The first-order valence-electron chi connectivity index (χ1n) is 9.56. The first-order chi connectivity index (χ1) is 13.7. The Labute approximate surface area is 163 Å². The molecule has 0 amide bonds. The number of aromatic amines is 1. The number of allylic oxidation sites excluding steroid dienone is 1. The van der Waals surface area contributed by atoms with E-state index >= 15 is 0 Å². The summed E-state index contributed by atoms with van der Waals surface area (Å²) in [6.07, 6.45) is 8.87. The van der Waals surface area contributed by atoms with Crippen molar-refractivity contribution in [2.45, 2.75) is 19.3 Å². The van der Waals surface area contributed by atoms with Crippen LogP contribution in [-0.4, -0.2) is 32.8 Å². The highest BCUT2D eigenvalue weighted by molar-refractivity contribution is 6.21. The van der Waals surface area contributed by atoms with Crippen molar-refractivity contribution in [1.82, 2.24) is 15.0 Å². The van der Waals surface area contributed by atoms with Crippen molar-refractivity contribution in [2.75, 3.05) is 11.9 Å². The molecule has 140 valence electrons. The van der Waals surface area contributed by atoms with Gasteiger partial charge in [0.25, 0.3) is 0 Å². The van der Waals surface area contributed by atoms with Crippen LogP contribution in [0.2, 0.25) is 0 Å². The fourth-order valence-corrected chi connectivity index (χ4v) is 3.34. The van der Waals surface area contributed by atoms with Crippen LogP contribution in [0.15, 0.2) is 47.6 Å². The third kappa shape index (κ3) is 3.53. The highest BCUT2D eigenvalue weighted by Crippen LogP contribution is 2.33. The number of rotatable bonds is 6. The highest BCUT2D eigenvalue weighted by atomic mass is 16.3. The normalized spacial score (nSPS) is 16.5. The summed E-state index contributed by atoms with van der Waals surface area (Å²) in [5.41, 5.74) is 4.81. The third-order valence-corrected chi connectivity index (χ3v) is 5.08. The molecule has 0 atom stereocenters. The molecule has 28 heavy (non-hydrogen) atoms. The van der Waals surface area contributed by atoms with Gasteiger partial charge in [-0.15, -0.1) is 0 Å². The zero-order chi connectivity index (χ0) is 18.9. The second-order valence-corrected chi connectivity index (χ2v) is 7.38. The summed E-state index contributed by atoms with van der Waals surface area (Å²) in [7, 11) is 0. The molecule has 0 radical (unpaired) electrons. The van der Waals surface area contributed by atoms with Gasteiger partial charge >= 0.3 is 0 Å². The van der Waals surface area contributed by atoms with E-state index in [4.69, 9.17) is 0 Å². The van der Waals surface area contributed by atoms with E-state index in [9.17, 15) is 5.11 Å². The fourth-order valence-electron chi connectivity index (χ4n) is 3.34. The molecule has 0 unspecified atom stereocenters. The van der Waals surface area contributed by atoms with Crippen molar-refractivity contribution in [3.05, 3.63) is 65.0 Å². The van der Waals surface area contributed by atoms with Crippen LogP contribution in [0.25, 0.3) is 11.6 Å². The molecule has 3 N–H and O–H groups in total. The molecule has 1 aromatic carbocycles. The van der Waals surface area contributed by atoms with E-state index in [0.29, 0.717) is 17.5 Å². The maximum Gasteiger partial charge on any atom is 0.238 e. The summed E-state index contributed by atoms with van der Waals surface area (Å²) in [6.45, 7) is 0.889. The number of aromatic nitrogens is 3. The molecule has 0 bridgehead atoms. The van der Waals surface area contributed by atoms with Crippen molar-refractivity contribution < 1.29 is 5.11 Å². The summed E-state index contributed by atoms with van der Waals surface area (Å²) in [5, 5.41) is 13.4. The van der Waals surface area contributed by atoms with Crippen LogP contribution in [0.1, 0.15) is 35.2 Å². The lowest BCUT2D eigenvalue weighted by Gasteiger charge is -2.05. The molecule has 0 saturated heterocycles. The van der Waals surface area contributed by atoms with Gasteiger partial charge < -0.3 is 15.4 Å². The third-order valence-electron chi connectivity index (χ3n) is 5.08. The Morgan fingerprint density at radius 2 is 2.04 bits per heavy atom. The maximum atomic E-state index is 10.2. The van der Waals surface area contributed by atoms with Gasteiger partial charge in [-0.05, 0) is 48.4 Å². The van der Waals surface area contributed by atoms with Crippen molar-refractivity contribution in [1.29, 1.82) is 0 Å². The number of H-pyrrole nitrogens is 1. The smallest absolute Gasteiger partial charge is 0.238 e. The second kappa shape index (κ2) is 6.96. The highest BCUT2D eigenvalue weighted by Gasteiger charge is 2.21. The second-order valence-electron chi connectivity index (χ2n) is 7.38. The molecule has 6 nitrogen and oxygen atoms in total. The van der Waals surface area contributed by atoms with Gasteiger partial charge in [0.15, 0.2) is 5.82 Å². The van der Waals surface area contributed by atoms with Gasteiger partial charge in [0.2, 0.25) is 11.8 Å². The van der Waals surface area contributed by atoms with Gasteiger partial charge in [-0.1, -0.05) is 30.3 Å². The number of hydrogen-bond donors (Lipinski definition) is 3. The Morgan fingerprint density at radius 1 is 1.18 bits per heavy atom. The predicted molar refractivity (Wildman–Crippen MR) is 111 cm³/mol. The molecule has 3 heterocycles. The van der Waals surface area contributed by atoms with Crippen molar-refractivity contribution in [3.8, 4) is 5.88 Å². The number of imidazole rings is 1. The van der Waals surface area contributed by atoms with Crippen LogP contribution < -0.4 is 5.32 Å². The van der Waals surface area contributed by atoms with E-state index in [1.54, 1.807) is 6.21 Å². The van der Waals surface area contributed by atoms with Crippen molar-refractivity contribution in [3.63, 3.8) is 0 Å². The molecule has 2 aliphatic rings. The molecule has 6 heteroatoms. The lowest BCUT2D eigenvalue weighted by atomic mass is 10.0. The van der Waals surface area contributed by atoms with E-state index in [-0.39, 0.29) is 5.88 Å². The number of benzene rings is 1. The summed E-state index contributed by atoms with van der Waals surface area (Å²) in [5.74, 6) is 2.02. The molecule has 1 saturated carbocycles. The van der Waals surface area contributed by atoms with Crippen LogP contribution in [0.3, 0.4) is 0 Å². The zero-order valence-electron chi connectivity index (χ0n) is 15.4. The summed E-state index contributed by atoms with van der Waals surface area (Å²) < 4.78 is 0. The van der Waals surface area contributed by atoms with E-state index in [1.807, 2.05) is 30.5 Å². The molecule has 5 rings (SSSR count). The number of nitrogens with one attached hydrogen (secondary N) is 2. The number of hydrogen-bond acceptors (Lipinski definition) is 5. The van der Waals surface area contributed by atoms with Crippen LogP contribution in [0, 0.1) is 5.92 Å². The van der Waals surface area contributed by atoms with Gasteiger partial charge in [0, 0.05) is 30.1 Å². The Bertz CT molecular complexity index is 1060. The van der Waals surface area contributed by atoms with E-state index in [1.165, 1.54) is 18.4 Å². The molecule has 0 spiro atoms. The molecule has 2 aromatic heterocycles. The molecular formula is C22H21N5O. The van der Waals surface area contributed by atoms with Crippen LogP contribution in [0.5, 0.6) is 5.88 Å². The van der Waals surface area contributed by atoms with Gasteiger partial charge in [-0.25, -0.2) is 9.98 Å². The predicted octanol–water partition coefficient (Wildman–Crippen LogP) is 4.18. The van der Waals surface area contributed by atoms with Gasteiger partial charge in [0.1, 0.15) is 5.69 Å². The fraction of sp³-hybridized carbons (Fsp3) is 0.227. The summed E-state index contributed by atoms with van der Waals surface area (Å²) >= 11 is 0.